The molecule has 1 heterocycles. The quantitative estimate of drug-likeness (QED) is 0.814. The lowest BCUT2D eigenvalue weighted by molar-refractivity contribution is 0.0656. The predicted octanol–water partition coefficient (Wildman–Crippen LogP) is 2.91. The van der Waals surface area contributed by atoms with Crippen molar-refractivity contribution in [3.8, 4) is 5.75 Å². The van der Waals surface area contributed by atoms with Crippen molar-refractivity contribution in [3.05, 3.63) is 29.8 Å². The van der Waals surface area contributed by atoms with E-state index in [1.807, 2.05) is 6.07 Å². The molecule has 0 bridgehead atoms. The molecule has 0 amide bonds. The number of rotatable bonds is 5. The highest BCUT2D eigenvalue weighted by molar-refractivity contribution is 5.38. The summed E-state index contributed by atoms with van der Waals surface area (Å²) in [6.07, 6.45) is 2.04. The molecule has 1 aliphatic heterocycles. The number of benzene rings is 1. The molecule has 18 heavy (non-hydrogen) atoms. The van der Waals surface area contributed by atoms with Gasteiger partial charge in [0.2, 0.25) is 0 Å². The highest BCUT2D eigenvalue weighted by Gasteiger charge is 2.32. The van der Waals surface area contributed by atoms with E-state index in [1.165, 1.54) is 5.56 Å². The van der Waals surface area contributed by atoms with Crippen molar-refractivity contribution in [3.63, 3.8) is 0 Å². The van der Waals surface area contributed by atoms with Crippen molar-refractivity contribution in [1.82, 2.24) is 5.32 Å². The molecule has 0 fully saturated rings. The highest BCUT2D eigenvalue weighted by atomic mass is 16.5. The molecule has 1 aromatic carbocycles. The van der Waals surface area contributed by atoms with Crippen LogP contribution >= 0.6 is 0 Å². The van der Waals surface area contributed by atoms with Gasteiger partial charge in [0.15, 0.2) is 0 Å². The molecule has 0 radical (unpaired) electrons. The van der Waals surface area contributed by atoms with Crippen molar-refractivity contribution in [2.24, 2.45) is 0 Å². The highest BCUT2D eigenvalue weighted by Crippen LogP contribution is 2.38. The van der Waals surface area contributed by atoms with E-state index in [0.717, 1.165) is 31.7 Å². The summed E-state index contributed by atoms with van der Waals surface area (Å²) in [5, 5.41) is 3.61. The summed E-state index contributed by atoms with van der Waals surface area (Å²) in [4.78, 5) is 0. The molecule has 3 heteroatoms. The van der Waals surface area contributed by atoms with E-state index < -0.39 is 0 Å². The van der Waals surface area contributed by atoms with Gasteiger partial charge >= 0.3 is 0 Å². The van der Waals surface area contributed by atoms with Crippen LogP contribution in [0.2, 0.25) is 0 Å². The van der Waals surface area contributed by atoms with Crippen molar-refractivity contribution >= 4 is 0 Å². The zero-order valence-corrected chi connectivity index (χ0v) is 11.5. The van der Waals surface area contributed by atoms with E-state index >= 15 is 0 Å². The van der Waals surface area contributed by atoms with Crippen molar-refractivity contribution < 1.29 is 9.47 Å². The molecule has 0 aromatic heterocycles. The molecular weight excluding hydrogens is 226 g/mol. The van der Waals surface area contributed by atoms with Crippen LogP contribution in [0.5, 0.6) is 5.75 Å². The van der Waals surface area contributed by atoms with Gasteiger partial charge in [0.25, 0.3) is 0 Å². The van der Waals surface area contributed by atoms with Gasteiger partial charge in [-0.3, -0.25) is 0 Å². The van der Waals surface area contributed by atoms with Crippen LogP contribution in [-0.4, -0.2) is 25.9 Å². The third-order valence-electron chi connectivity index (χ3n) is 3.29. The molecule has 0 spiro atoms. The number of para-hydroxylation sites is 1. The van der Waals surface area contributed by atoms with Crippen LogP contribution in [0.1, 0.15) is 38.3 Å². The fourth-order valence-electron chi connectivity index (χ4n) is 2.48. The SMILES string of the molecule is COCCCNC1CC(C)(C)Oc2ccccc21. The van der Waals surface area contributed by atoms with E-state index in [-0.39, 0.29) is 5.60 Å². The fourth-order valence-corrected chi connectivity index (χ4v) is 2.48. The maximum Gasteiger partial charge on any atom is 0.124 e. The van der Waals surface area contributed by atoms with Crippen molar-refractivity contribution in [2.45, 2.75) is 38.3 Å². The van der Waals surface area contributed by atoms with E-state index in [4.69, 9.17) is 9.47 Å². The van der Waals surface area contributed by atoms with Gasteiger partial charge in [-0.2, -0.15) is 0 Å². The first-order valence-corrected chi connectivity index (χ1v) is 6.63. The zero-order chi connectivity index (χ0) is 13.0. The first kappa shape index (κ1) is 13.4. The van der Waals surface area contributed by atoms with Crippen LogP contribution in [0.25, 0.3) is 0 Å². The Hall–Kier alpha value is -1.06. The van der Waals surface area contributed by atoms with Crippen LogP contribution in [0.3, 0.4) is 0 Å². The van der Waals surface area contributed by atoms with Gasteiger partial charge in [0, 0.05) is 31.7 Å². The molecule has 1 atom stereocenters. The molecule has 1 N–H and O–H groups in total. The zero-order valence-electron chi connectivity index (χ0n) is 11.5. The number of ether oxygens (including phenoxy) is 2. The smallest absolute Gasteiger partial charge is 0.124 e. The number of nitrogens with one attached hydrogen (secondary N) is 1. The Morgan fingerprint density at radius 3 is 2.94 bits per heavy atom. The summed E-state index contributed by atoms with van der Waals surface area (Å²) in [5.41, 5.74) is 1.17. The second-order valence-electron chi connectivity index (χ2n) is 5.46. The number of fused-ring (bicyclic) bond motifs is 1. The molecule has 0 saturated heterocycles. The topological polar surface area (TPSA) is 30.5 Å². The largest absolute Gasteiger partial charge is 0.487 e. The summed E-state index contributed by atoms with van der Waals surface area (Å²) in [7, 11) is 1.74. The second kappa shape index (κ2) is 5.72. The molecule has 0 aliphatic carbocycles. The molecular formula is C15H23NO2. The second-order valence-corrected chi connectivity index (χ2v) is 5.46. The first-order valence-electron chi connectivity index (χ1n) is 6.63. The average Bonchev–Trinajstić information content (AvgIpc) is 2.33. The Morgan fingerprint density at radius 2 is 2.17 bits per heavy atom. The summed E-state index contributed by atoms with van der Waals surface area (Å²) < 4.78 is 11.1. The Bertz CT molecular complexity index is 390. The van der Waals surface area contributed by atoms with Crippen LogP contribution in [0.15, 0.2) is 24.3 Å². The normalized spacial score (nSPS) is 21.2. The Morgan fingerprint density at radius 1 is 1.39 bits per heavy atom. The summed E-state index contributed by atoms with van der Waals surface area (Å²) in [6, 6.07) is 8.69. The Kier molecular flexibility index (Phi) is 4.25. The molecule has 100 valence electrons. The molecule has 3 nitrogen and oxygen atoms in total. The molecule has 1 aliphatic rings. The lowest BCUT2D eigenvalue weighted by atomic mass is 9.89. The third-order valence-corrected chi connectivity index (χ3v) is 3.29. The van der Waals surface area contributed by atoms with Crippen molar-refractivity contribution in [1.29, 1.82) is 0 Å². The van der Waals surface area contributed by atoms with Crippen LogP contribution in [0.4, 0.5) is 0 Å². The first-order chi connectivity index (χ1) is 8.62. The van der Waals surface area contributed by atoms with Gasteiger partial charge in [0.05, 0.1) is 0 Å². The lowest BCUT2D eigenvalue weighted by Gasteiger charge is -2.38. The van der Waals surface area contributed by atoms with Gasteiger partial charge < -0.3 is 14.8 Å². The van der Waals surface area contributed by atoms with E-state index in [2.05, 4.69) is 37.4 Å². The maximum atomic E-state index is 6.01. The Balaban J connectivity index is 2.05. The van der Waals surface area contributed by atoms with E-state index in [9.17, 15) is 0 Å². The third kappa shape index (κ3) is 3.24. The standard InChI is InChI=1S/C15H23NO2/c1-15(2)11-13(16-9-6-10-17-3)12-7-4-5-8-14(12)18-15/h4-5,7-8,13,16H,6,9-11H2,1-3H3. The number of hydrogen-bond donors (Lipinski definition) is 1. The maximum absolute atomic E-state index is 6.01. The minimum absolute atomic E-state index is 0.104. The van der Waals surface area contributed by atoms with E-state index in [1.54, 1.807) is 7.11 Å². The molecule has 1 unspecified atom stereocenters. The van der Waals surface area contributed by atoms with Crippen LogP contribution in [0, 0.1) is 0 Å². The van der Waals surface area contributed by atoms with Crippen LogP contribution < -0.4 is 10.1 Å². The summed E-state index contributed by atoms with van der Waals surface area (Å²) >= 11 is 0. The van der Waals surface area contributed by atoms with Crippen LogP contribution in [-0.2, 0) is 4.74 Å². The van der Waals surface area contributed by atoms with E-state index in [0.29, 0.717) is 6.04 Å². The Labute approximate surface area is 109 Å². The molecule has 0 saturated carbocycles. The van der Waals surface area contributed by atoms with Gasteiger partial charge in [-0.1, -0.05) is 18.2 Å². The van der Waals surface area contributed by atoms with Gasteiger partial charge in [-0.05, 0) is 32.9 Å². The minimum Gasteiger partial charge on any atom is -0.487 e. The fraction of sp³-hybridized carbons (Fsp3) is 0.600. The average molecular weight is 249 g/mol. The van der Waals surface area contributed by atoms with Gasteiger partial charge in [-0.25, -0.2) is 0 Å². The minimum atomic E-state index is -0.104. The predicted molar refractivity (Wildman–Crippen MR) is 73.0 cm³/mol. The molecule has 1 aromatic rings. The summed E-state index contributed by atoms with van der Waals surface area (Å²) in [6.45, 7) is 6.07. The van der Waals surface area contributed by atoms with Gasteiger partial charge in [0.1, 0.15) is 11.4 Å². The summed E-state index contributed by atoms with van der Waals surface area (Å²) in [5.74, 6) is 1.01. The monoisotopic (exact) mass is 249 g/mol. The van der Waals surface area contributed by atoms with Gasteiger partial charge in [-0.15, -0.1) is 0 Å². The van der Waals surface area contributed by atoms with Crippen molar-refractivity contribution in [2.75, 3.05) is 20.3 Å². The number of methoxy groups -OCH3 is 1. The molecule has 2 rings (SSSR count). The number of hydrogen-bond acceptors (Lipinski definition) is 3. The lowest BCUT2D eigenvalue weighted by Crippen LogP contribution is -2.39.